The number of anilines is 1. The molecule has 0 aliphatic carbocycles. The Labute approximate surface area is 156 Å². The van der Waals surface area contributed by atoms with Gasteiger partial charge in [-0.05, 0) is 31.0 Å². The summed E-state index contributed by atoms with van der Waals surface area (Å²) in [7, 11) is 0. The van der Waals surface area contributed by atoms with Crippen molar-refractivity contribution >= 4 is 17.7 Å². The van der Waals surface area contributed by atoms with Crippen LogP contribution in [0.1, 0.15) is 30.9 Å². The smallest absolute Gasteiger partial charge is 0.421 e. The third kappa shape index (κ3) is 3.05. The van der Waals surface area contributed by atoms with Crippen molar-refractivity contribution in [2.75, 3.05) is 18.1 Å². The number of amides is 2. The predicted molar refractivity (Wildman–Crippen MR) is 99.3 cm³/mol. The molecule has 0 radical (unpaired) electrons. The van der Waals surface area contributed by atoms with Gasteiger partial charge in [-0.15, -0.1) is 0 Å². The highest BCUT2D eigenvalue weighted by Crippen LogP contribution is 2.49. The number of carbonyl (C=O) groups excluding carboxylic acids is 2. The molecular formula is C20H20N2O5. The first-order valence-electron chi connectivity index (χ1n) is 8.68. The molecule has 0 saturated heterocycles. The van der Waals surface area contributed by atoms with Gasteiger partial charge < -0.3 is 4.74 Å². The highest BCUT2D eigenvalue weighted by atomic mass is 16.6. The van der Waals surface area contributed by atoms with Gasteiger partial charge in [-0.1, -0.05) is 48.5 Å². The van der Waals surface area contributed by atoms with E-state index in [0.717, 1.165) is 4.90 Å². The minimum Gasteiger partial charge on any atom is -0.449 e. The zero-order valence-electron chi connectivity index (χ0n) is 15.1. The number of ether oxygens (including phenoxy) is 1. The third-order valence-electron chi connectivity index (χ3n) is 5.03. The molecule has 7 nitrogen and oxygen atoms in total. The zero-order chi connectivity index (χ0) is 19.6. The number of hydrogen-bond acceptors (Lipinski definition) is 5. The summed E-state index contributed by atoms with van der Waals surface area (Å²) in [6.45, 7) is 3.01. The van der Waals surface area contributed by atoms with Crippen LogP contribution in [-0.4, -0.2) is 30.1 Å². The van der Waals surface area contributed by atoms with E-state index in [1.165, 1.54) is 0 Å². The second-order valence-corrected chi connectivity index (χ2v) is 6.54. The SMILES string of the molecule is CCOC(=O)N1C(=O)[C@@](C)([C@H](C[N+](=O)[O-])c2ccccc2)c2ccccc21. The lowest BCUT2D eigenvalue weighted by molar-refractivity contribution is -0.484. The van der Waals surface area contributed by atoms with Gasteiger partial charge in [0.1, 0.15) is 0 Å². The van der Waals surface area contributed by atoms with E-state index in [0.29, 0.717) is 16.8 Å². The lowest BCUT2D eigenvalue weighted by atomic mass is 9.69. The molecule has 2 aromatic rings. The summed E-state index contributed by atoms with van der Waals surface area (Å²) < 4.78 is 5.05. The number of hydrogen-bond donors (Lipinski definition) is 0. The molecule has 140 valence electrons. The maximum atomic E-state index is 13.4. The fourth-order valence-corrected chi connectivity index (χ4v) is 3.73. The molecule has 0 N–H and O–H groups in total. The summed E-state index contributed by atoms with van der Waals surface area (Å²) in [6.07, 6.45) is -0.772. The quantitative estimate of drug-likeness (QED) is 0.595. The monoisotopic (exact) mass is 368 g/mol. The van der Waals surface area contributed by atoms with E-state index in [-0.39, 0.29) is 6.61 Å². The maximum Gasteiger partial charge on any atom is 0.421 e. The van der Waals surface area contributed by atoms with Crippen molar-refractivity contribution in [3.63, 3.8) is 0 Å². The van der Waals surface area contributed by atoms with Crippen LogP contribution in [0.25, 0.3) is 0 Å². The molecule has 2 amide bonds. The topological polar surface area (TPSA) is 89.8 Å². The van der Waals surface area contributed by atoms with Gasteiger partial charge in [0.2, 0.25) is 12.5 Å². The number of rotatable bonds is 5. The van der Waals surface area contributed by atoms with Crippen molar-refractivity contribution in [3.05, 3.63) is 75.8 Å². The molecule has 0 fully saturated rings. The second kappa shape index (κ2) is 7.19. The summed E-state index contributed by atoms with van der Waals surface area (Å²) in [5.74, 6) is -1.25. The van der Waals surface area contributed by atoms with Crippen molar-refractivity contribution < 1.29 is 19.2 Å². The molecule has 0 aromatic heterocycles. The Morgan fingerprint density at radius 3 is 2.44 bits per heavy atom. The summed E-state index contributed by atoms with van der Waals surface area (Å²) >= 11 is 0. The Morgan fingerprint density at radius 2 is 1.81 bits per heavy atom. The number of nitrogens with zero attached hydrogens (tertiary/aromatic N) is 2. The first-order chi connectivity index (χ1) is 12.9. The van der Waals surface area contributed by atoms with E-state index < -0.39 is 34.8 Å². The fraction of sp³-hybridized carbons (Fsp3) is 0.300. The number of fused-ring (bicyclic) bond motifs is 1. The summed E-state index contributed by atoms with van der Waals surface area (Å²) in [6, 6.07) is 15.8. The number of benzene rings is 2. The normalized spacial score (nSPS) is 19.5. The number of para-hydroxylation sites is 1. The van der Waals surface area contributed by atoms with Crippen LogP contribution < -0.4 is 4.90 Å². The molecule has 2 aromatic carbocycles. The molecule has 3 rings (SSSR count). The maximum absolute atomic E-state index is 13.4. The number of nitro groups is 1. The molecule has 0 bridgehead atoms. The Kier molecular flexibility index (Phi) is 4.94. The highest BCUT2D eigenvalue weighted by molar-refractivity contribution is 6.21. The van der Waals surface area contributed by atoms with Gasteiger partial charge in [-0.3, -0.25) is 14.9 Å². The average molecular weight is 368 g/mol. The van der Waals surface area contributed by atoms with Gasteiger partial charge in [0.15, 0.2) is 0 Å². The van der Waals surface area contributed by atoms with E-state index in [1.54, 1.807) is 62.4 Å². The van der Waals surface area contributed by atoms with Crippen LogP contribution >= 0.6 is 0 Å². The summed E-state index contributed by atoms with van der Waals surface area (Å²) in [5.41, 5.74) is 0.398. The first kappa shape index (κ1) is 18.6. The molecule has 0 spiro atoms. The van der Waals surface area contributed by atoms with Crippen molar-refractivity contribution in [1.29, 1.82) is 0 Å². The minimum atomic E-state index is -1.27. The van der Waals surface area contributed by atoms with E-state index >= 15 is 0 Å². The molecule has 1 heterocycles. The van der Waals surface area contributed by atoms with Crippen LogP contribution in [0.2, 0.25) is 0 Å². The van der Waals surface area contributed by atoms with Gasteiger partial charge in [0.05, 0.1) is 23.6 Å². The van der Waals surface area contributed by atoms with Gasteiger partial charge in [0, 0.05) is 4.92 Å². The van der Waals surface area contributed by atoms with Crippen molar-refractivity contribution in [3.8, 4) is 0 Å². The Balaban J connectivity index is 2.18. The average Bonchev–Trinajstić information content (AvgIpc) is 2.89. The lowest BCUT2D eigenvalue weighted by Gasteiger charge is -2.31. The van der Waals surface area contributed by atoms with E-state index in [4.69, 9.17) is 4.74 Å². The van der Waals surface area contributed by atoms with Crippen LogP contribution in [0, 0.1) is 10.1 Å². The van der Waals surface area contributed by atoms with Crippen molar-refractivity contribution in [2.45, 2.75) is 25.2 Å². The Bertz CT molecular complexity index is 883. The highest BCUT2D eigenvalue weighted by Gasteiger charge is 2.56. The molecular weight excluding hydrogens is 348 g/mol. The lowest BCUT2D eigenvalue weighted by Crippen LogP contribution is -2.46. The van der Waals surface area contributed by atoms with Gasteiger partial charge in [0.25, 0.3) is 0 Å². The van der Waals surface area contributed by atoms with Gasteiger partial charge >= 0.3 is 6.09 Å². The van der Waals surface area contributed by atoms with Crippen LogP contribution in [0.4, 0.5) is 10.5 Å². The molecule has 0 saturated carbocycles. The zero-order valence-corrected chi connectivity index (χ0v) is 15.1. The van der Waals surface area contributed by atoms with Crippen molar-refractivity contribution in [1.82, 2.24) is 0 Å². The minimum absolute atomic E-state index is 0.124. The second-order valence-electron chi connectivity index (χ2n) is 6.54. The van der Waals surface area contributed by atoms with E-state index in [9.17, 15) is 19.7 Å². The molecule has 7 heteroatoms. The van der Waals surface area contributed by atoms with E-state index in [2.05, 4.69) is 0 Å². The van der Waals surface area contributed by atoms with Crippen LogP contribution in [0.5, 0.6) is 0 Å². The van der Waals surface area contributed by atoms with E-state index in [1.807, 2.05) is 6.07 Å². The third-order valence-corrected chi connectivity index (χ3v) is 5.03. The van der Waals surface area contributed by atoms with Crippen LogP contribution in [0.15, 0.2) is 54.6 Å². The largest absolute Gasteiger partial charge is 0.449 e. The summed E-state index contributed by atoms with van der Waals surface area (Å²) in [4.78, 5) is 37.8. The van der Waals surface area contributed by atoms with Gasteiger partial charge in [-0.2, -0.15) is 0 Å². The standard InChI is InChI=1S/C20H20N2O5/c1-3-27-19(24)22-17-12-8-7-11-15(17)20(2,18(22)23)16(13-21(25)26)14-9-5-4-6-10-14/h4-12,16H,3,13H2,1-2H3/t16-,20-/m1/s1. The molecule has 1 aliphatic heterocycles. The van der Waals surface area contributed by atoms with Crippen molar-refractivity contribution in [2.24, 2.45) is 0 Å². The van der Waals surface area contributed by atoms with Gasteiger partial charge in [-0.25, -0.2) is 9.69 Å². The molecule has 2 atom stereocenters. The number of carbonyl (C=O) groups is 2. The fourth-order valence-electron chi connectivity index (χ4n) is 3.73. The molecule has 0 unspecified atom stereocenters. The molecule has 1 aliphatic rings. The Hall–Kier alpha value is -3.22. The predicted octanol–water partition coefficient (Wildman–Crippen LogP) is 3.51. The Morgan fingerprint density at radius 1 is 1.19 bits per heavy atom. The number of imide groups is 1. The van der Waals surface area contributed by atoms with Crippen LogP contribution in [-0.2, 0) is 14.9 Å². The molecule has 27 heavy (non-hydrogen) atoms. The van der Waals surface area contributed by atoms with Crippen LogP contribution in [0.3, 0.4) is 0 Å². The first-order valence-corrected chi connectivity index (χ1v) is 8.68. The summed E-state index contributed by atoms with van der Waals surface area (Å²) in [5, 5.41) is 11.4.